The molecule has 0 atom stereocenters. The highest BCUT2D eigenvalue weighted by Gasteiger charge is 2.20. The fraction of sp³-hybridized carbons (Fsp3) is 0.625. The van der Waals surface area contributed by atoms with Gasteiger partial charge >= 0.3 is 5.95 Å². The maximum absolute atomic E-state index is 10.5. The first kappa shape index (κ1) is 10.6. The van der Waals surface area contributed by atoms with Gasteiger partial charge in [0.05, 0.1) is 28.2 Å². The summed E-state index contributed by atoms with van der Waals surface area (Å²) in [5, 5.41) is 10.5. The van der Waals surface area contributed by atoms with E-state index < -0.39 is 4.92 Å². The van der Waals surface area contributed by atoms with Gasteiger partial charge in [-0.1, -0.05) is 4.98 Å². The molecular formula is C8H15N4O2+. The highest BCUT2D eigenvalue weighted by Crippen LogP contribution is 2.12. The Balaban J connectivity index is 2.92. The van der Waals surface area contributed by atoms with Gasteiger partial charge in [0, 0.05) is 0 Å². The zero-order valence-corrected chi connectivity index (χ0v) is 8.89. The molecule has 6 heteroatoms. The van der Waals surface area contributed by atoms with Crippen LogP contribution in [0.25, 0.3) is 0 Å². The molecule has 1 aromatic rings. The monoisotopic (exact) mass is 199 g/mol. The lowest BCUT2D eigenvalue weighted by molar-refractivity contribution is -0.884. The summed E-state index contributed by atoms with van der Waals surface area (Å²) in [6, 6.07) is 0. The van der Waals surface area contributed by atoms with E-state index in [0.717, 1.165) is 5.69 Å². The summed E-state index contributed by atoms with van der Waals surface area (Å²) in [7, 11) is 7.67. The van der Waals surface area contributed by atoms with E-state index in [1.54, 1.807) is 13.2 Å². The summed E-state index contributed by atoms with van der Waals surface area (Å²) >= 11 is 0. The van der Waals surface area contributed by atoms with Crippen molar-refractivity contribution in [3.05, 3.63) is 22.0 Å². The molecule has 0 amide bonds. The minimum absolute atomic E-state index is 0.103. The van der Waals surface area contributed by atoms with Crippen LogP contribution in [0.4, 0.5) is 5.95 Å². The maximum Gasteiger partial charge on any atom is 0.434 e. The summed E-state index contributed by atoms with van der Waals surface area (Å²) in [5.41, 5.74) is 0.742. The quantitative estimate of drug-likeness (QED) is 0.405. The fourth-order valence-corrected chi connectivity index (χ4v) is 1.25. The molecule has 0 aliphatic rings. The second-order valence-electron chi connectivity index (χ2n) is 4.35. The first-order valence-corrected chi connectivity index (χ1v) is 4.27. The molecule has 78 valence electrons. The molecular weight excluding hydrogens is 184 g/mol. The zero-order chi connectivity index (χ0) is 10.9. The number of imidazole rings is 1. The van der Waals surface area contributed by atoms with Crippen LogP contribution >= 0.6 is 0 Å². The Morgan fingerprint density at radius 3 is 2.50 bits per heavy atom. The van der Waals surface area contributed by atoms with Gasteiger partial charge in [0.15, 0.2) is 0 Å². The van der Waals surface area contributed by atoms with Crippen LogP contribution in [0, 0.1) is 10.1 Å². The van der Waals surface area contributed by atoms with E-state index in [9.17, 15) is 10.1 Å². The molecule has 0 bridgehead atoms. The number of hydrogen-bond acceptors (Lipinski definition) is 3. The van der Waals surface area contributed by atoms with Crippen LogP contribution in [0.15, 0.2) is 6.20 Å². The van der Waals surface area contributed by atoms with Crippen molar-refractivity contribution in [2.75, 3.05) is 21.1 Å². The average molecular weight is 199 g/mol. The fourth-order valence-electron chi connectivity index (χ4n) is 1.25. The number of rotatable bonds is 3. The van der Waals surface area contributed by atoms with E-state index in [1.165, 1.54) is 4.57 Å². The van der Waals surface area contributed by atoms with Gasteiger partial charge in [-0.25, -0.2) is 4.57 Å². The van der Waals surface area contributed by atoms with Gasteiger partial charge in [0.25, 0.3) is 0 Å². The molecule has 0 radical (unpaired) electrons. The predicted octanol–water partition coefficient (Wildman–Crippen LogP) is 0.535. The summed E-state index contributed by atoms with van der Waals surface area (Å²) < 4.78 is 2.14. The molecule has 6 nitrogen and oxygen atoms in total. The molecule has 0 saturated heterocycles. The summed E-state index contributed by atoms with van der Waals surface area (Å²) in [4.78, 5) is 14.0. The maximum atomic E-state index is 10.5. The van der Waals surface area contributed by atoms with E-state index in [-0.39, 0.29) is 5.95 Å². The molecule has 14 heavy (non-hydrogen) atoms. The Morgan fingerprint density at radius 1 is 1.57 bits per heavy atom. The minimum Gasteiger partial charge on any atom is -0.390 e. The number of nitrogens with zero attached hydrogens (tertiary/aromatic N) is 4. The van der Waals surface area contributed by atoms with Crippen molar-refractivity contribution in [2.45, 2.75) is 6.54 Å². The lowest BCUT2D eigenvalue weighted by Crippen LogP contribution is -2.33. The van der Waals surface area contributed by atoms with E-state index in [0.29, 0.717) is 11.0 Å². The normalized spacial score (nSPS) is 11.7. The number of nitro groups is 1. The summed E-state index contributed by atoms with van der Waals surface area (Å²) in [6.07, 6.45) is 1.70. The lowest BCUT2D eigenvalue weighted by Gasteiger charge is -2.21. The second kappa shape index (κ2) is 3.38. The van der Waals surface area contributed by atoms with Crippen LogP contribution in [0.3, 0.4) is 0 Å². The average Bonchev–Trinajstić information content (AvgIpc) is 2.26. The van der Waals surface area contributed by atoms with Crippen molar-refractivity contribution in [1.29, 1.82) is 0 Å². The molecule has 0 fully saturated rings. The first-order valence-electron chi connectivity index (χ1n) is 4.27. The third-order valence-electron chi connectivity index (χ3n) is 1.70. The smallest absolute Gasteiger partial charge is 0.390 e. The zero-order valence-electron chi connectivity index (χ0n) is 8.89. The SMILES string of the molecule is Cn1cc(C[N+](C)(C)C)nc1[N+](=O)[O-]. The van der Waals surface area contributed by atoms with Gasteiger partial charge in [-0.3, -0.25) is 0 Å². The van der Waals surface area contributed by atoms with Gasteiger partial charge in [-0.15, -0.1) is 0 Å². The topological polar surface area (TPSA) is 61.0 Å². The Labute approximate surface area is 82.5 Å². The molecule has 1 rings (SSSR count). The minimum atomic E-state index is -0.473. The van der Waals surface area contributed by atoms with Crippen molar-refractivity contribution in [3.63, 3.8) is 0 Å². The summed E-state index contributed by atoms with van der Waals surface area (Å²) in [5.74, 6) is -0.103. The Kier molecular flexibility index (Phi) is 2.57. The van der Waals surface area contributed by atoms with Crippen LogP contribution in [0.1, 0.15) is 5.69 Å². The van der Waals surface area contributed by atoms with Crippen molar-refractivity contribution in [3.8, 4) is 0 Å². The van der Waals surface area contributed by atoms with Gasteiger partial charge in [-0.05, 0) is 4.92 Å². The van der Waals surface area contributed by atoms with E-state index in [1.807, 2.05) is 21.1 Å². The van der Waals surface area contributed by atoms with Gasteiger partial charge in [0.1, 0.15) is 12.7 Å². The molecule has 0 unspecified atom stereocenters. The van der Waals surface area contributed by atoms with Crippen LogP contribution in [0.5, 0.6) is 0 Å². The molecule has 0 aromatic carbocycles. The highest BCUT2D eigenvalue weighted by molar-refractivity contribution is 5.12. The molecule has 0 saturated carbocycles. The Morgan fingerprint density at radius 2 is 2.14 bits per heavy atom. The first-order chi connectivity index (χ1) is 6.29. The number of aryl methyl sites for hydroxylation is 1. The van der Waals surface area contributed by atoms with Crippen LogP contribution in [0.2, 0.25) is 0 Å². The van der Waals surface area contributed by atoms with Gasteiger partial charge < -0.3 is 14.6 Å². The second-order valence-corrected chi connectivity index (χ2v) is 4.35. The largest absolute Gasteiger partial charge is 0.434 e. The summed E-state index contributed by atoms with van der Waals surface area (Å²) in [6.45, 7) is 0.682. The third-order valence-corrected chi connectivity index (χ3v) is 1.70. The molecule has 1 aromatic heterocycles. The predicted molar refractivity (Wildman–Crippen MR) is 51.6 cm³/mol. The van der Waals surface area contributed by atoms with E-state index >= 15 is 0 Å². The van der Waals surface area contributed by atoms with Crippen molar-refractivity contribution in [2.24, 2.45) is 7.05 Å². The standard InChI is InChI=1S/C8H15N4O2/c1-10-5-7(6-12(2,3)4)9-8(10)11(13)14/h5H,6H2,1-4H3/q+1. The van der Waals surface area contributed by atoms with Gasteiger partial charge in [0.2, 0.25) is 5.69 Å². The molecule has 1 heterocycles. The number of quaternary nitrogens is 1. The van der Waals surface area contributed by atoms with Crippen molar-refractivity contribution in [1.82, 2.24) is 9.55 Å². The Hall–Kier alpha value is -1.43. The highest BCUT2D eigenvalue weighted by atomic mass is 16.6. The van der Waals surface area contributed by atoms with E-state index in [2.05, 4.69) is 4.98 Å². The molecule has 0 spiro atoms. The van der Waals surface area contributed by atoms with Crippen LogP contribution in [-0.2, 0) is 13.6 Å². The van der Waals surface area contributed by atoms with Gasteiger partial charge in [-0.2, -0.15) is 0 Å². The van der Waals surface area contributed by atoms with Crippen molar-refractivity contribution >= 4 is 5.95 Å². The lowest BCUT2D eigenvalue weighted by atomic mass is 10.4. The number of aromatic nitrogens is 2. The number of hydrogen-bond donors (Lipinski definition) is 0. The third kappa shape index (κ3) is 2.53. The molecule has 0 aliphatic heterocycles. The molecule has 0 N–H and O–H groups in total. The van der Waals surface area contributed by atoms with E-state index in [4.69, 9.17) is 0 Å². The van der Waals surface area contributed by atoms with Crippen LogP contribution in [-0.4, -0.2) is 40.1 Å². The van der Waals surface area contributed by atoms with Crippen molar-refractivity contribution < 1.29 is 9.41 Å². The Bertz CT molecular complexity index is 351. The molecule has 0 aliphatic carbocycles. The van der Waals surface area contributed by atoms with Crippen LogP contribution < -0.4 is 0 Å².